The quantitative estimate of drug-likeness (QED) is 0.452. The Bertz CT molecular complexity index is 305. The zero-order chi connectivity index (χ0) is 8.43. The molecule has 0 saturated heterocycles. The van der Waals surface area contributed by atoms with Crippen molar-refractivity contribution in [3.8, 4) is 0 Å². The number of hydrogen-bond donors (Lipinski definition) is 0. The Hall–Kier alpha value is -0.240. The van der Waals surface area contributed by atoms with Gasteiger partial charge in [0.2, 0.25) is 0 Å². The molecule has 11 heavy (non-hydrogen) atoms. The van der Waals surface area contributed by atoms with Gasteiger partial charge in [-0.15, -0.1) is 0 Å². The molecule has 1 rings (SSSR count). The first-order chi connectivity index (χ1) is 5.13. The van der Waals surface area contributed by atoms with Crippen LogP contribution in [0.5, 0.6) is 0 Å². The first-order valence-electron chi connectivity index (χ1n) is 2.56. The second-order valence-corrected chi connectivity index (χ2v) is 3.67. The molecule has 6 heteroatoms. The summed E-state index contributed by atoms with van der Waals surface area (Å²) in [5, 5.41) is 10.3. The third-order valence-corrected chi connectivity index (χ3v) is 3.41. The fourth-order valence-corrected chi connectivity index (χ4v) is 1.32. The van der Waals surface area contributed by atoms with Gasteiger partial charge in [-0.3, -0.25) is 15.1 Å². The van der Waals surface area contributed by atoms with Gasteiger partial charge in [-0.25, -0.2) is 0 Å². The SMILES string of the molecule is O=[N+]([O-])c1cncc(I)c1Br. The van der Waals surface area contributed by atoms with E-state index in [0.717, 1.165) is 3.57 Å². The Morgan fingerprint density at radius 1 is 1.64 bits per heavy atom. The average Bonchev–Trinajstić information content (AvgIpc) is 1.94. The van der Waals surface area contributed by atoms with Gasteiger partial charge >= 0.3 is 5.69 Å². The lowest BCUT2D eigenvalue weighted by Crippen LogP contribution is -1.91. The number of aromatic nitrogens is 1. The molecule has 1 heterocycles. The van der Waals surface area contributed by atoms with Crippen LogP contribution in [0.1, 0.15) is 0 Å². The Kier molecular flexibility index (Phi) is 2.77. The number of nitrogens with zero attached hydrogens (tertiary/aromatic N) is 2. The zero-order valence-electron chi connectivity index (χ0n) is 5.12. The minimum Gasteiger partial charge on any atom is -0.258 e. The summed E-state index contributed by atoms with van der Waals surface area (Å²) in [6.07, 6.45) is 2.77. The maximum Gasteiger partial charge on any atom is 0.302 e. The molecule has 0 saturated carbocycles. The highest BCUT2D eigenvalue weighted by atomic mass is 127. The van der Waals surface area contributed by atoms with Crippen LogP contribution >= 0.6 is 38.5 Å². The number of pyridine rings is 1. The van der Waals surface area contributed by atoms with Gasteiger partial charge in [-0.2, -0.15) is 0 Å². The Morgan fingerprint density at radius 2 is 2.27 bits per heavy atom. The van der Waals surface area contributed by atoms with Crippen LogP contribution < -0.4 is 0 Å². The predicted molar refractivity (Wildman–Crippen MR) is 51.3 cm³/mol. The molecule has 0 aliphatic rings. The smallest absolute Gasteiger partial charge is 0.258 e. The van der Waals surface area contributed by atoms with E-state index in [1.54, 1.807) is 6.20 Å². The normalized spacial score (nSPS) is 9.64. The average molecular weight is 329 g/mol. The topological polar surface area (TPSA) is 56.0 Å². The Balaban J connectivity index is 3.27. The molecule has 0 spiro atoms. The van der Waals surface area contributed by atoms with Crippen molar-refractivity contribution in [2.75, 3.05) is 0 Å². The number of halogens is 2. The largest absolute Gasteiger partial charge is 0.302 e. The highest BCUT2D eigenvalue weighted by Gasteiger charge is 2.13. The van der Waals surface area contributed by atoms with Gasteiger partial charge in [0, 0.05) is 6.20 Å². The highest BCUT2D eigenvalue weighted by Crippen LogP contribution is 2.27. The van der Waals surface area contributed by atoms with Crippen LogP contribution in [0.3, 0.4) is 0 Å². The summed E-state index contributed by atoms with van der Waals surface area (Å²) < 4.78 is 1.22. The molecular weight excluding hydrogens is 327 g/mol. The fourth-order valence-electron chi connectivity index (χ4n) is 0.536. The molecule has 0 bridgehead atoms. The van der Waals surface area contributed by atoms with Crippen LogP contribution in [0.4, 0.5) is 5.69 Å². The maximum absolute atomic E-state index is 10.3. The molecule has 0 amide bonds. The van der Waals surface area contributed by atoms with E-state index >= 15 is 0 Å². The standard InChI is InChI=1S/C5H2BrIN2O2/c6-5-3(7)1-8-2-4(5)9(10)11/h1-2H. The van der Waals surface area contributed by atoms with E-state index in [9.17, 15) is 10.1 Å². The van der Waals surface area contributed by atoms with E-state index in [-0.39, 0.29) is 5.69 Å². The van der Waals surface area contributed by atoms with Crippen molar-refractivity contribution >= 4 is 44.2 Å². The molecule has 0 atom stereocenters. The van der Waals surface area contributed by atoms with Crippen LogP contribution in [0, 0.1) is 13.7 Å². The van der Waals surface area contributed by atoms with Crippen molar-refractivity contribution in [3.63, 3.8) is 0 Å². The van der Waals surface area contributed by atoms with Gasteiger partial charge in [0.05, 0.1) is 8.49 Å². The lowest BCUT2D eigenvalue weighted by Gasteiger charge is -1.94. The van der Waals surface area contributed by atoms with Crippen molar-refractivity contribution in [1.82, 2.24) is 4.98 Å². The summed E-state index contributed by atoms with van der Waals surface area (Å²) in [6, 6.07) is 0. The molecule has 0 fully saturated rings. The van der Waals surface area contributed by atoms with Crippen LogP contribution in [0.15, 0.2) is 16.9 Å². The molecule has 0 unspecified atom stereocenters. The van der Waals surface area contributed by atoms with Gasteiger partial charge in [-0.1, -0.05) is 0 Å². The minimum atomic E-state index is -0.473. The molecule has 0 aliphatic carbocycles. The van der Waals surface area contributed by atoms with E-state index < -0.39 is 4.92 Å². The lowest BCUT2D eigenvalue weighted by atomic mass is 10.4. The highest BCUT2D eigenvalue weighted by molar-refractivity contribution is 14.1. The molecule has 0 aliphatic heterocycles. The second kappa shape index (κ2) is 3.44. The zero-order valence-corrected chi connectivity index (χ0v) is 8.87. The summed E-state index contributed by atoms with van der Waals surface area (Å²) in [4.78, 5) is 13.5. The number of nitro groups is 1. The third kappa shape index (κ3) is 1.86. The Labute approximate surface area is 84.4 Å². The minimum absolute atomic E-state index is 0.00287. The van der Waals surface area contributed by atoms with E-state index in [2.05, 4.69) is 20.9 Å². The maximum atomic E-state index is 10.3. The van der Waals surface area contributed by atoms with Crippen LogP contribution in [0.25, 0.3) is 0 Å². The van der Waals surface area contributed by atoms with Gasteiger partial charge < -0.3 is 0 Å². The molecule has 0 radical (unpaired) electrons. The van der Waals surface area contributed by atoms with Gasteiger partial charge in [-0.05, 0) is 38.5 Å². The summed E-state index contributed by atoms with van der Waals surface area (Å²) >= 11 is 5.06. The molecule has 0 N–H and O–H groups in total. The number of hydrogen-bond acceptors (Lipinski definition) is 3. The van der Waals surface area contributed by atoms with Crippen molar-refractivity contribution in [3.05, 3.63) is 30.6 Å². The van der Waals surface area contributed by atoms with E-state index in [1.165, 1.54) is 6.20 Å². The molecule has 58 valence electrons. The van der Waals surface area contributed by atoms with Crippen molar-refractivity contribution in [2.45, 2.75) is 0 Å². The summed E-state index contributed by atoms with van der Waals surface area (Å²) in [5.41, 5.74) is -0.00287. The fraction of sp³-hybridized carbons (Fsp3) is 0. The van der Waals surface area contributed by atoms with E-state index in [0.29, 0.717) is 4.47 Å². The number of rotatable bonds is 1. The summed E-state index contributed by atoms with van der Waals surface area (Å²) in [6.45, 7) is 0. The Morgan fingerprint density at radius 3 is 2.73 bits per heavy atom. The summed E-state index contributed by atoms with van der Waals surface area (Å²) in [7, 11) is 0. The molecule has 1 aromatic heterocycles. The van der Waals surface area contributed by atoms with Crippen LogP contribution in [-0.2, 0) is 0 Å². The van der Waals surface area contributed by atoms with Gasteiger partial charge in [0.1, 0.15) is 10.7 Å². The molecular formula is C5H2BrIN2O2. The van der Waals surface area contributed by atoms with Crippen LogP contribution in [0.2, 0.25) is 0 Å². The molecule has 0 aromatic carbocycles. The first-order valence-corrected chi connectivity index (χ1v) is 4.43. The first kappa shape index (κ1) is 8.85. The van der Waals surface area contributed by atoms with Crippen molar-refractivity contribution < 1.29 is 4.92 Å². The monoisotopic (exact) mass is 328 g/mol. The van der Waals surface area contributed by atoms with Crippen molar-refractivity contribution in [1.29, 1.82) is 0 Å². The molecule has 1 aromatic rings. The third-order valence-electron chi connectivity index (χ3n) is 1.02. The van der Waals surface area contributed by atoms with Gasteiger partial charge in [0.25, 0.3) is 0 Å². The second-order valence-electron chi connectivity index (χ2n) is 1.71. The van der Waals surface area contributed by atoms with Crippen LogP contribution in [-0.4, -0.2) is 9.91 Å². The van der Waals surface area contributed by atoms with E-state index in [1.807, 2.05) is 22.6 Å². The summed E-state index contributed by atoms with van der Waals surface area (Å²) in [5.74, 6) is 0. The molecule has 4 nitrogen and oxygen atoms in total. The van der Waals surface area contributed by atoms with Crippen molar-refractivity contribution in [2.24, 2.45) is 0 Å². The van der Waals surface area contributed by atoms with Gasteiger partial charge in [0.15, 0.2) is 0 Å². The predicted octanol–water partition coefficient (Wildman–Crippen LogP) is 2.36. The lowest BCUT2D eigenvalue weighted by molar-refractivity contribution is -0.386. The van der Waals surface area contributed by atoms with E-state index in [4.69, 9.17) is 0 Å².